The van der Waals surface area contributed by atoms with Crippen LogP contribution in [-0.4, -0.2) is 57.3 Å². The van der Waals surface area contributed by atoms with Gasteiger partial charge in [0.05, 0.1) is 12.2 Å². The summed E-state index contributed by atoms with van der Waals surface area (Å²) in [4.78, 5) is 14.7. The second-order valence-corrected chi connectivity index (χ2v) is 8.40. The fraction of sp³-hybridized carbons (Fsp3) is 0.370. The molecule has 5 heteroatoms. The van der Waals surface area contributed by atoms with E-state index in [9.17, 15) is 4.79 Å². The first-order chi connectivity index (χ1) is 15.7. The number of hydrogen-bond acceptors (Lipinski definition) is 4. The van der Waals surface area contributed by atoms with Crippen molar-refractivity contribution >= 4 is 16.7 Å². The monoisotopic (exact) mass is 432 g/mol. The van der Waals surface area contributed by atoms with Crippen LogP contribution in [0.15, 0.2) is 72.8 Å². The molecule has 1 heterocycles. The highest BCUT2D eigenvalue weighted by Gasteiger charge is 2.29. The van der Waals surface area contributed by atoms with Crippen molar-refractivity contribution in [2.75, 3.05) is 40.4 Å². The van der Waals surface area contributed by atoms with Crippen molar-refractivity contribution in [2.45, 2.75) is 24.5 Å². The first-order valence-corrected chi connectivity index (χ1v) is 11.3. The number of carbonyl (C=O) groups excluding carboxylic acids is 1. The summed E-state index contributed by atoms with van der Waals surface area (Å²) in [5.41, 5.74) is 2.27. The van der Waals surface area contributed by atoms with E-state index in [0.29, 0.717) is 6.54 Å². The number of benzene rings is 3. The highest BCUT2D eigenvalue weighted by Crippen LogP contribution is 2.35. The number of ether oxygens (including phenoxy) is 2. The third-order valence-corrected chi connectivity index (χ3v) is 6.34. The zero-order chi connectivity index (χ0) is 22.3. The van der Waals surface area contributed by atoms with Crippen molar-refractivity contribution < 1.29 is 14.3 Å². The number of methoxy groups -OCH3 is 1. The highest BCUT2D eigenvalue weighted by atomic mass is 16.5. The van der Waals surface area contributed by atoms with Crippen molar-refractivity contribution in [1.82, 2.24) is 10.2 Å². The highest BCUT2D eigenvalue weighted by molar-refractivity contribution is 5.83. The number of hydrogen-bond donors (Lipinski definition) is 1. The van der Waals surface area contributed by atoms with Gasteiger partial charge in [0.2, 0.25) is 5.91 Å². The lowest BCUT2D eigenvalue weighted by Gasteiger charge is -2.29. The van der Waals surface area contributed by atoms with E-state index in [1.54, 1.807) is 7.11 Å². The van der Waals surface area contributed by atoms with Gasteiger partial charge >= 0.3 is 0 Å². The van der Waals surface area contributed by atoms with E-state index in [-0.39, 0.29) is 30.6 Å². The molecule has 0 unspecified atom stereocenters. The Labute approximate surface area is 190 Å². The molecule has 0 radical (unpaired) electrons. The number of likely N-dealkylation sites (N-methyl/N-ethyl adjacent to an activating group) is 1. The largest absolute Gasteiger partial charge is 0.380 e. The summed E-state index contributed by atoms with van der Waals surface area (Å²) in [5, 5.41) is 5.75. The fourth-order valence-electron chi connectivity index (χ4n) is 4.54. The Balaban J connectivity index is 1.59. The number of nitrogens with zero attached hydrogens (tertiary/aromatic N) is 1. The van der Waals surface area contributed by atoms with Gasteiger partial charge in [-0.3, -0.25) is 4.79 Å². The molecule has 168 valence electrons. The molecule has 0 aliphatic carbocycles. The molecule has 1 saturated heterocycles. The first kappa shape index (κ1) is 22.5. The Morgan fingerprint density at radius 1 is 1.03 bits per heavy atom. The van der Waals surface area contributed by atoms with Gasteiger partial charge in [0.25, 0.3) is 0 Å². The quantitative estimate of drug-likeness (QED) is 0.552. The van der Waals surface area contributed by atoms with Crippen LogP contribution in [0.1, 0.15) is 29.6 Å². The molecular formula is C27H32N2O3. The van der Waals surface area contributed by atoms with Gasteiger partial charge in [-0.2, -0.15) is 0 Å². The Bertz CT molecular complexity index is 1020. The lowest BCUT2D eigenvalue weighted by atomic mass is 9.87. The average Bonchev–Trinajstić information content (AvgIpc) is 3.33. The maximum Gasteiger partial charge on any atom is 0.248 e. The predicted octanol–water partition coefficient (Wildman–Crippen LogP) is 4.15. The number of nitrogens with one attached hydrogen (secondary N) is 1. The van der Waals surface area contributed by atoms with Gasteiger partial charge in [-0.25, -0.2) is 0 Å². The second-order valence-electron chi connectivity index (χ2n) is 8.40. The Morgan fingerprint density at radius 2 is 1.78 bits per heavy atom. The second kappa shape index (κ2) is 10.7. The average molecular weight is 433 g/mol. The molecule has 32 heavy (non-hydrogen) atoms. The number of rotatable bonds is 9. The topological polar surface area (TPSA) is 50.8 Å². The van der Waals surface area contributed by atoms with Crippen LogP contribution in [0.3, 0.4) is 0 Å². The Hall–Kier alpha value is -2.73. The molecule has 3 atom stereocenters. The van der Waals surface area contributed by atoms with Gasteiger partial charge in [-0.05, 0) is 35.4 Å². The summed E-state index contributed by atoms with van der Waals surface area (Å²) in [5.74, 6) is 0.0808. The molecule has 1 amide bonds. The predicted molar refractivity (Wildman–Crippen MR) is 128 cm³/mol. The molecule has 1 fully saturated rings. The summed E-state index contributed by atoms with van der Waals surface area (Å²) in [6.45, 7) is 2.16. The van der Waals surface area contributed by atoms with E-state index in [2.05, 4.69) is 59.9 Å². The van der Waals surface area contributed by atoms with E-state index < -0.39 is 0 Å². The van der Waals surface area contributed by atoms with Crippen molar-refractivity contribution in [1.29, 1.82) is 0 Å². The van der Waals surface area contributed by atoms with Crippen LogP contribution in [0, 0.1) is 0 Å². The van der Waals surface area contributed by atoms with Gasteiger partial charge < -0.3 is 19.7 Å². The van der Waals surface area contributed by atoms with Crippen molar-refractivity contribution in [3.05, 3.63) is 83.9 Å². The number of carbonyl (C=O) groups is 1. The minimum absolute atomic E-state index is 0.0206. The molecule has 5 nitrogen and oxygen atoms in total. The lowest BCUT2D eigenvalue weighted by Crippen LogP contribution is -2.34. The maximum absolute atomic E-state index is 12.9. The molecule has 4 rings (SSSR count). The van der Waals surface area contributed by atoms with Gasteiger partial charge in [0, 0.05) is 32.7 Å². The first-order valence-electron chi connectivity index (χ1n) is 11.3. The SMILES string of the molecule is CNC[C@H](c1ccc2ccccc2c1)[C@H](OCC(=O)N1CC[C@H](OC)C1)c1ccccc1. The summed E-state index contributed by atoms with van der Waals surface area (Å²) in [6.07, 6.45) is 0.761. The third-order valence-electron chi connectivity index (χ3n) is 6.34. The Morgan fingerprint density at radius 3 is 2.50 bits per heavy atom. The molecule has 0 spiro atoms. The number of fused-ring (bicyclic) bond motifs is 1. The van der Waals surface area contributed by atoms with Crippen molar-refractivity contribution in [3.8, 4) is 0 Å². The maximum atomic E-state index is 12.9. The van der Waals surface area contributed by atoms with E-state index in [1.807, 2.05) is 30.1 Å². The summed E-state index contributed by atoms with van der Waals surface area (Å²) < 4.78 is 11.8. The summed E-state index contributed by atoms with van der Waals surface area (Å²) in [7, 11) is 3.66. The van der Waals surface area contributed by atoms with Gasteiger partial charge in [-0.15, -0.1) is 0 Å². The summed E-state index contributed by atoms with van der Waals surface area (Å²) >= 11 is 0. The molecular weight excluding hydrogens is 400 g/mol. The minimum atomic E-state index is -0.241. The van der Waals surface area contributed by atoms with E-state index in [4.69, 9.17) is 9.47 Å². The van der Waals surface area contributed by atoms with Crippen LogP contribution in [0.5, 0.6) is 0 Å². The van der Waals surface area contributed by atoms with Gasteiger partial charge in [0.15, 0.2) is 0 Å². The molecule has 3 aromatic rings. The van der Waals surface area contributed by atoms with Crippen LogP contribution in [0.25, 0.3) is 10.8 Å². The van der Waals surface area contributed by atoms with Crippen LogP contribution < -0.4 is 5.32 Å². The van der Waals surface area contributed by atoms with E-state index in [1.165, 1.54) is 16.3 Å². The zero-order valence-corrected chi connectivity index (χ0v) is 18.9. The van der Waals surface area contributed by atoms with Gasteiger partial charge in [-0.1, -0.05) is 72.8 Å². The molecule has 1 N–H and O–H groups in total. The number of amides is 1. The molecule has 1 aliphatic heterocycles. The van der Waals surface area contributed by atoms with Crippen LogP contribution in [0.4, 0.5) is 0 Å². The van der Waals surface area contributed by atoms with Crippen LogP contribution in [0.2, 0.25) is 0 Å². The van der Waals surface area contributed by atoms with E-state index in [0.717, 1.165) is 25.1 Å². The smallest absolute Gasteiger partial charge is 0.248 e. The standard InChI is InChI=1S/C27H32N2O3/c1-28-17-25(23-13-12-20-8-6-7-11-22(20)16-23)27(21-9-4-3-5-10-21)32-19-26(30)29-15-14-24(18-29)31-2/h3-13,16,24-25,27-28H,14-15,17-19H2,1-2H3/t24-,25+,27+/m0/s1. The van der Waals surface area contributed by atoms with Crippen LogP contribution >= 0.6 is 0 Å². The fourth-order valence-corrected chi connectivity index (χ4v) is 4.54. The summed E-state index contributed by atoms with van der Waals surface area (Å²) in [6, 6.07) is 25.2. The van der Waals surface area contributed by atoms with Crippen molar-refractivity contribution in [2.24, 2.45) is 0 Å². The number of likely N-dealkylation sites (tertiary alicyclic amines) is 1. The molecule has 1 aliphatic rings. The van der Waals surface area contributed by atoms with Gasteiger partial charge in [0.1, 0.15) is 6.61 Å². The van der Waals surface area contributed by atoms with Crippen LogP contribution in [-0.2, 0) is 14.3 Å². The molecule has 0 saturated carbocycles. The zero-order valence-electron chi connectivity index (χ0n) is 18.9. The van der Waals surface area contributed by atoms with Crippen molar-refractivity contribution in [3.63, 3.8) is 0 Å². The van der Waals surface area contributed by atoms with E-state index >= 15 is 0 Å². The molecule has 0 bridgehead atoms. The Kier molecular flexibility index (Phi) is 7.53. The molecule has 3 aromatic carbocycles. The third kappa shape index (κ3) is 5.18. The minimum Gasteiger partial charge on any atom is -0.380 e. The molecule has 0 aromatic heterocycles. The lowest BCUT2D eigenvalue weighted by molar-refractivity contribution is -0.138. The normalized spacial score (nSPS) is 18.1.